The van der Waals surface area contributed by atoms with Crippen LogP contribution in [0.2, 0.25) is 0 Å². The van der Waals surface area contributed by atoms with Gasteiger partial charge in [-0.3, -0.25) is 0 Å². The summed E-state index contributed by atoms with van der Waals surface area (Å²) in [5.74, 6) is -0.243. The first-order chi connectivity index (χ1) is 8.31. The second-order valence-electron chi connectivity index (χ2n) is 4.03. The Morgan fingerprint density at radius 2 is 1.89 bits per heavy atom. The SMILES string of the molecule is C=C(CC)CC(N)c1ccc(OC(F)(F)F)cc1. The summed E-state index contributed by atoms with van der Waals surface area (Å²) in [5.41, 5.74) is 7.70. The van der Waals surface area contributed by atoms with E-state index in [-0.39, 0.29) is 11.8 Å². The quantitative estimate of drug-likeness (QED) is 0.813. The molecule has 0 fully saturated rings. The van der Waals surface area contributed by atoms with Crippen molar-refractivity contribution < 1.29 is 17.9 Å². The maximum atomic E-state index is 12.0. The molecule has 2 nitrogen and oxygen atoms in total. The number of benzene rings is 1. The number of nitrogens with two attached hydrogens (primary N) is 1. The molecule has 100 valence electrons. The van der Waals surface area contributed by atoms with E-state index in [1.165, 1.54) is 24.3 Å². The average Bonchev–Trinajstić information content (AvgIpc) is 2.27. The van der Waals surface area contributed by atoms with Gasteiger partial charge >= 0.3 is 6.36 Å². The molecule has 1 rings (SSSR count). The lowest BCUT2D eigenvalue weighted by Gasteiger charge is -2.14. The van der Waals surface area contributed by atoms with Gasteiger partial charge in [0.15, 0.2) is 0 Å². The molecule has 1 aromatic carbocycles. The van der Waals surface area contributed by atoms with Gasteiger partial charge in [-0.25, -0.2) is 0 Å². The van der Waals surface area contributed by atoms with E-state index < -0.39 is 6.36 Å². The molecule has 0 aromatic heterocycles. The van der Waals surface area contributed by atoms with E-state index in [0.29, 0.717) is 6.42 Å². The predicted octanol–water partition coefficient (Wildman–Crippen LogP) is 3.94. The van der Waals surface area contributed by atoms with Crippen molar-refractivity contribution in [1.29, 1.82) is 0 Å². The molecule has 0 bridgehead atoms. The van der Waals surface area contributed by atoms with Crippen LogP contribution in [0, 0.1) is 0 Å². The summed E-state index contributed by atoms with van der Waals surface area (Å²) in [7, 11) is 0. The fraction of sp³-hybridized carbons (Fsp3) is 0.385. The van der Waals surface area contributed by atoms with Crippen LogP contribution in [0.15, 0.2) is 36.4 Å². The van der Waals surface area contributed by atoms with Crippen LogP contribution in [0.4, 0.5) is 13.2 Å². The van der Waals surface area contributed by atoms with Crippen molar-refractivity contribution in [2.75, 3.05) is 0 Å². The molecule has 1 atom stereocenters. The highest BCUT2D eigenvalue weighted by Gasteiger charge is 2.30. The second-order valence-corrected chi connectivity index (χ2v) is 4.03. The van der Waals surface area contributed by atoms with Crippen molar-refractivity contribution in [2.45, 2.75) is 32.2 Å². The predicted molar refractivity (Wildman–Crippen MR) is 64.1 cm³/mol. The van der Waals surface area contributed by atoms with E-state index in [4.69, 9.17) is 5.73 Å². The van der Waals surface area contributed by atoms with Crippen LogP contribution in [-0.2, 0) is 0 Å². The summed E-state index contributed by atoms with van der Waals surface area (Å²) >= 11 is 0. The van der Waals surface area contributed by atoms with Gasteiger partial charge in [0, 0.05) is 6.04 Å². The molecule has 0 aliphatic heterocycles. The van der Waals surface area contributed by atoms with Gasteiger partial charge in [0.1, 0.15) is 5.75 Å². The monoisotopic (exact) mass is 259 g/mol. The number of ether oxygens (including phenoxy) is 1. The highest BCUT2D eigenvalue weighted by molar-refractivity contribution is 5.29. The number of alkyl halides is 3. The molecule has 1 aromatic rings. The molecule has 18 heavy (non-hydrogen) atoms. The zero-order chi connectivity index (χ0) is 13.8. The van der Waals surface area contributed by atoms with Crippen LogP contribution in [-0.4, -0.2) is 6.36 Å². The van der Waals surface area contributed by atoms with Crippen molar-refractivity contribution in [1.82, 2.24) is 0 Å². The zero-order valence-electron chi connectivity index (χ0n) is 10.1. The van der Waals surface area contributed by atoms with E-state index in [1.54, 1.807) is 0 Å². The van der Waals surface area contributed by atoms with Gasteiger partial charge < -0.3 is 10.5 Å². The Morgan fingerprint density at radius 3 is 2.33 bits per heavy atom. The van der Waals surface area contributed by atoms with Crippen molar-refractivity contribution >= 4 is 0 Å². The van der Waals surface area contributed by atoms with E-state index in [2.05, 4.69) is 11.3 Å². The molecular formula is C13H16F3NO. The number of rotatable bonds is 5. The first kappa shape index (κ1) is 14.6. The summed E-state index contributed by atoms with van der Waals surface area (Å²) in [5, 5.41) is 0. The Kier molecular flexibility index (Phi) is 4.78. The lowest BCUT2D eigenvalue weighted by atomic mass is 9.99. The van der Waals surface area contributed by atoms with Gasteiger partial charge in [-0.2, -0.15) is 0 Å². The maximum absolute atomic E-state index is 12.0. The fourth-order valence-corrected chi connectivity index (χ4v) is 1.49. The summed E-state index contributed by atoms with van der Waals surface area (Å²) in [6.45, 7) is 5.83. The van der Waals surface area contributed by atoms with Crippen molar-refractivity contribution in [3.8, 4) is 5.75 Å². The molecule has 0 saturated heterocycles. The molecule has 0 saturated carbocycles. The van der Waals surface area contributed by atoms with Gasteiger partial charge in [0.05, 0.1) is 0 Å². The maximum Gasteiger partial charge on any atom is 0.573 e. The van der Waals surface area contributed by atoms with Gasteiger partial charge in [-0.05, 0) is 30.5 Å². The first-order valence-corrected chi connectivity index (χ1v) is 5.59. The Labute approximate surface area is 104 Å². The third-order valence-corrected chi connectivity index (χ3v) is 2.55. The summed E-state index contributed by atoms with van der Waals surface area (Å²) in [6, 6.07) is 5.34. The Hall–Kier alpha value is -1.49. The van der Waals surface area contributed by atoms with Gasteiger partial charge in [-0.15, -0.1) is 13.2 Å². The lowest BCUT2D eigenvalue weighted by Crippen LogP contribution is -2.17. The normalized spacial score (nSPS) is 13.2. The van der Waals surface area contributed by atoms with Gasteiger partial charge in [0.25, 0.3) is 0 Å². The molecule has 0 radical (unpaired) electrons. The second kappa shape index (κ2) is 5.91. The fourth-order valence-electron chi connectivity index (χ4n) is 1.49. The highest BCUT2D eigenvalue weighted by Crippen LogP contribution is 2.25. The lowest BCUT2D eigenvalue weighted by molar-refractivity contribution is -0.274. The average molecular weight is 259 g/mol. The first-order valence-electron chi connectivity index (χ1n) is 5.59. The molecule has 0 aliphatic rings. The third kappa shape index (κ3) is 4.79. The molecule has 1 unspecified atom stereocenters. The van der Waals surface area contributed by atoms with Crippen molar-refractivity contribution in [3.05, 3.63) is 42.0 Å². The van der Waals surface area contributed by atoms with E-state index in [9.17, 15) is 13.2 Å². The zero-order valence-corrected chi connectivity index (χ0v) is 10.1. The Morgan fingerprint density at radius 1 is 1.33 bits per heavy atom. The minimum atomic E-state index is -4.67. The topological polar surface area (TPSA) is 35.2 Å². The molecule has 5 heteroatoms. The van der Waals surface area contributed by atoms with Crippen LogP contribution >= 0.6 is 0 Å². The highest BCUT2D eigenvalue weighted by atomic mass is 19.4. The third-order valence-electron chi connectivity index (χ3n) is 2.55. The molecule has 0 heterocycles. The minimum Gasteiger partial charge on any atom is -0.406 e. The molecular weight excluding hydrogens is 243 g/mol. The van der Waals surface area contributed by atoms with Crippen LogP contribution in [0.25, 0.3) is 0 Å². The van der Waals surface area contributed by atoms with E-state index in [0.717, 1.165) is 17.6 Å². The van der Waals surface area contributed by atoms with Gasteiger partial charge in [-0.1, -0.05) is 31.2 Å². The summed E-state index contributed by atoms with van der Waals surface area (Å²) in [4.78, 5) is 0. The van der Waals surface area contributed by atoms with E-state index >= 15 is 0 Å². The summed E-state index contributed by atoms with van der Waals surface area (Å²) in [6.07, 6.45) is -3.21. The Bertz CT molecular complexity index is 398. The molecule has 0 aliphatic carbocycles. The van der Waals surface area contributed by atoms with Crippen molar-refractivity contribution in [3.63, 3.8) is 0 Å². The molecule has 0 spiro atoms. The summed E-state index contributed by atoms with van der Waals surface area (Å²) < 4.78 is 39.7. The number of hydrogen-bond acceptors (Lipinski definition) is 2. The minimum absolute atomic E-state index is 0.243. The molecule has 2 N–H and O–H groups in total. The van der Waals surface area contributed by atoms with Crippen LogP contribution < -0.4 is 10.5 Å². The largest absolute Gasteiger partial charge is 0.573 e. The van der Waals surface area contributed by atoms with Crippen molar-refractivity contribution in [2.24, 2.45) is 5.73 Å². The van der Waals surface area contributed by atoms with Crippen LogP contribution in [0.1, 0.15) is 31.4 Å². The van der Waals surface area contributed by atoms with Crippen LogP contribution in [0.5, 0.6) is 5.75 Å². The standard InChI is InChI=1S/C13H16F3NO/c1-3-9(2)8-12(17)10-4-6-11(7-5-10)18-13(14,15)16/h4-7,12H,2-3,8,17H2,1H3. The van der Waals surface area contributed by atoms with Gasteiger partial charge in [0.2, 0.25) is 0 Å². The van der Waals surface area contributed by atoms with Crippen LogP contribution in [0.3, 0.4) is 0 Å². The van der Waals surface area contributed by atoms with E-state index in [1.807, 2.05) is 6.92 Å². The smallest absolute Gasteiger partial charge is 0.406 e. The number of halogens is 3. The Balaban J connectivity index is 2.67. The number of hydrogen-bond donors (Lipinski definition) is 1. The molecule has 0 amide bonds.